The van der Waals surface area contributed by atoms with Crippen molar-refractivity contribution in [2.75, 3.05) is 11.9 Å². The molecule has 1 aromatic carbocycles. The molecule has 1 N–H and O–H groups in total. The number of hydrogen-bond donors (Lipinski definition) is 1. The van der Waals surface area contributed by atoms with E-state index < -0.39 is 5.54 Å². The lowest BCUT2D eigenvalue weighted by Crippen LogP contribution is -2.58. The number of ether oxygens (including phenoxy) is 1. The lowest BCUT2D eigenvalue weighted by atomic mass is 9.64. The largest absolute Gasteiger partial charge is 0.464 e. The van der Waals surface area contributed by atoms with E-state index in [9.17, 15) is 4.79 Å². The molecule has 0 bridgehead atoms. The van der Waals surface area contributed by atoms with Gasteiger partial charge in [0.1, 0.15) is 5.54 Å². The van der Waals surface area contributed by atoms with Gasteiger partial charge in [-0.25, -0.2) is 4.79 Å². The Morgan fingerprint density at radius 2 is 2.20 bits per heavy atom. The van der Waals surface area contributed by atoms with Gasteiger partial charge in [-0.05, 0) is 49.8 Å². The zero-order chi connectivity index (χ0) is 14.8. The Hall–Kier alpha value is -1.03. The molecule has 4 heteroatoms. The molecule has 1 aliphatic rings. The van der Waals surface area contributed by atoms with Crippen LogP contribution in [0.4, 0.5) is 5.69 Å². The summed E-state index contributed by atoms with van der Waals surface area (Å²) in [5, 5.41) is 3.40. The second-order valence-electron chi connectivity index (χ2n) is 5.85. The highest BCUT2D eigenvalue weighted by molar-refractivity contribution is 9.10. The van der Waals surface area contributed by atoms with Crippen LogP contribution in [-0.4, -0.2) is 18.1 Å². The highest BCUT2D eigenvalue weighted by atomic mass is 79.9. The lowest BCUT2D eigenvalue weighted by molar-refractivity contribution is -0.154. The third-order valence-electron chi connectivity index (χ3n) is 4.04. The third kappa shape index (κ3) is 3.17. The van der Waals surface area contributed by atoms with Crippen molar-refractivity contribution in [3.05, 3.63) is 28.7 Å². The van der Waals surface area contributed by atoms with Gasteiger partial charge in [-0.3, -0.25) is 0 Å². The smallest absolute Gasteiger partial charge is 0.331 e. The van der Waals surface area contributed by atoms with Crippen LogP contribution >= 0.6 is 15.9 Å². The Balaban J connectivity index is 2.14. The van der Waals surface area contributed by atoms with Crippen LogP contribution in [0.3, 0.4) is 0 Å². The van der Waals surface area contributed by atoms with Crippen LogP contribution in [0, 0.1) is 11.8 Å². The fourth-order valence-electron chi connectivity index (χ4n) is 2.74. The van der Waals surface area contributed by atoms with Crippen molar-refractivity contribution < 1.29 is 9.53 Å². The SMILES string of the molecule is CCOC(=O)C1(Nc2cccc(Br)c2)CC(C(C)C)C1. The summed E-state index contributed by atoms with van der Waals surface area (Å²) in [4.78, 5) is 12.3. The molecule has 1 fully saturated rings. The zero-order valence-electron chi connectivity index (χ0n) is 12.3. The van der Waals surface area contributed by atoms with Gasteiger partial charge in [0, 0.05) is 10.2 Å². The second kappa shape index (κ2) is 6.17. The minimum absolute atomic E-state index is 0.128. The summed E-state index contributed by atoms with van der Waals surface area (Å²) in [5.74, 6) is 1.05. The monoisotopic (exact) mass is 339 g/mol. The van der Waals surface area contributed by atoms with Gasteiger partial charge in [0.05, 0.1) is 6.61 Å². The van der Waals surface area contributed by atoms with Crippen molar-refractivity contribution in [3.63, 3.8) is 0 Å². The number of rotatable bonds is 5. The van der Waals surface area contributed by atoms with Gasteiger partial charge in [0.25, 0.3) is 0 Å². The van der Waals surface area contributed by atoms with Gasteiger partial charge in [-0.1, -0.05) is 35.8 Å². The first-order valence-electron chi connectivity index (χ1n) is 7.18. The fourth-order valence-corrected chi connectivity index (χ4v) is 3.14. The lowest BCUT2D eigenvalue weighted by Gasteiger charge is -2.48. The molecular formula is C16H22BrNO2. The molecule has 1 aromatic rings. The Morgan fingerprint density at radius 3 is 2.75 bits per heavy atom. The first-order valence-corrected chi connectivity index (χ1v) is 7.97. The molecule has 110 valence electrons. The Labute approximate surface area is 129 Å². The molecule has 1 aliphatic carbocycles. The number of anilines is 1. The predicted octanol–water partition coefficient (Wildman–Crippen LogP) is 4.23. The minimum Gasteiger partial charge on any atom is -0.464 e. The van der Waals surface area contributed by atoms with Crippen molar-refractivity contribution >= 4 is 27.6 Å². The summed E-state index contributed by atoms with van der Waals surface area (Å²) in [5.41, 5.74) is 0.404. The predicted molar refractivity (Wildman–Crippen MR) is 84.7 cm³/mol. The van der Waals surface area contributed by atoms with Crippen molar-refractivity contribution in [2.24, 2.45) is 11.8 Å². The van der Waals surface area contributed by atoms with Crippen LogP contribution in [0.1, 0.15) is 33.6 Å². The number of carbonyl (C=O) groups excluding carboxylic acids is 1. The molecule has 0 aliphatic heterocycles. The maximum absolute atomic E-state index is 12.3. The summed E-state index contributed by atoms with van der Waals surface area (Å²) < 4.78 is 6.27. The molecule has 2 rings (SSSR count). The normalized spacial score (nSPS) is 25.1. The molecule has 0 amide bonds. The molecule has 20 heavy (non-hydrogen) atoms. The van der Waals surface area contributed by atoms with E-state index >= 15 is 0 Å². The Kier molecular flexibility index (Phi) is 4.74. The number of hydrogen-bond acceptors (Lipinski definition) is 3. The minimum atomic E-state index is -0.550. The number of esters is 1. The van der Waals surface area contributed by atoms with Crippen molar-refractivity contribution in [1.29, 1.82) is 0 Å². The van der Waals surface area contributed by atoms with E-state index in [1.165, 1.54) is 0 Å². The van der Waals surface area contributed by atoms with E-state index in [1.54, 1.807) is 0 Å². The molecule has 0 radical (unpaired) electrons. The summed E-state index contributed by atoms with van der Waals surface area (Å²) in [7, 11) is 0. The third-order valence-corrected chi connectivity index (χ3v) is 4.53. The summed E-state index contributed by atoms with van der Waals surface area (Å²) in [6, 6.07) is 7.90. The number of carbonyl (C=O) groups is 1. The van der Waals surface area contributed by atoms with Crippen LogP contribution in [0.2, 0.25) is 0 Å². The molecule has 0 heterocycles. The van der Waals surface area contributed by atoms with Crippen molar-refractivity contribution in [2.45, 2.75) is 39.2 Å². The van der Waals surface area contributed by atoms with E-state index in [2.05, 4.69) is 35.1 Å². The van der Waals surface area contributed by atoms with Crippen LogP contribution in [-0.2, 0) is 9.53 Å². The second-order valence-corrected chi connectivity index (χ2v) is 6.77. The van der Waals surface area contributed by atoms with E-state index in [4.69, 9.17) is 4.74 Å². The standard InChI is InChI=1S/C16H22BrNO2/c1-4-20-15(19)16(9-12(10-16)11(2)3)18-14-7-5-6-13(17)8-14/h5-8,11-12,18H,4,9-10H2,1-3H3. The number of nitrogens with one attached hydrogen (secondary N) is 1. The van der Waals surface area contributed by atoms with Gasteiger partial charge < -0.3 is 10.1 Å². The maximum atomic E-state index is 12.3. The molecule has 0 spiro atoms. The van der Waals surface area contributed by atoms with E-state index in [1.807, 2.05) is 31.2 Å². The molecule has 1 saturated carbocycles. The number of halogens is 1. The van der Waals surface area contributed by atoms with Gasteiger partial charge in [-0.15, -0.1) is 0 Å². The topological polar surface area (TPSA) is 38.3 Å². The molecular weight excluding hydrogens is 318 g/mol. The van der Waals surface area contributed by atoms with Crippen molar-refractivity contribution in [3.8, 4) is 0 Å². The first-order chi connectivity index (χ1) is 9.47. The van der Waals surface area contributed by atoms with Gasteiger partial charge in [-0.2, -0.15) is 0 Å². The first kappa shape index (κ1) is 15.4. The average molecular weight is 340 g/mol. The highest BCUT2D eigenvalue weighted by Gasteiger charge is 2.52. The Morgan fingerprint density at radius 1 is 1.50 bits per heavy atom. The molecule has 0 saturated heterocycles. The zero-order valence-corrected chi connectivity index (χ0v) is 13.9. The van der Waals surface area contributed by atoms with Crippen LogP contribution < -0.4 is 5.32 Å². The van der Waals surface area contributed by atoms with Gasteiger partial charge in [0.15, 0.2) is 0 Å². The van der Waals surface area contributed by atoms with Gasteiger partial charge >= 0.3 is 5.97 Å². The molecule has 0 aromatic heterocycles. The van der Waals surface area contributed by atoms with E-state index in [0.717, 1.165) is 23.0 Å². The van der Waals surface area contributed by atoms with E-state index in [0.29, 0.717) is 18.4 Å². The van der Waals surface area contributed by atoms with Crippen LogP contribution in [0.15, 0.2) is 28.7 Å². The van der Waals surface area contributed by atoms with Crippen molar-refractivity contribution in [1.82, 2.24) is 0 Å². The quantitative estimate of drug-likeness (QED) is 0.816. The fraction of sp³-hybridized carbons (Fsp3) is 0.562. The average Bonchev–Trinajstić information content (AvgIpc) is 2.33. The van der Waals surface area contributed by atoms with Crippen LogP contribution in [0.25, 0.3) is 0 Å². The van der Waals surface area contributed by atoms with E-state index in [-0.39, 0.29) is 5.97 Å². The summed E-state index contributed by atoms with van der Waals surface area (Å²) >= 11 is 3.46. The highest BCUT2D eigenvalue weighted by Crippen LogP contribution is 2.45. The summed E-state index contributed by atoms with van der Waals surface area (Å²) in [6.07, 6.45) is 1.69. The van der Waals surface area contributed by atoms with Gasteiger partial charge in [0.2, 0.25) is 0 Å². The molecule has 0 atom stereocenters. The Bertz CT molecular complexity index is 481. The maximum Gasteiger partial charge on any atom is 0.331 e. The molecule has 0 unspecified atom stereocenters. The summed E-state index contributed by atoms with van der Waals surface area (Å²) in [6.45, 7) is 6.69. The number of benzene rings is 1. The molecule has 3 nitrogen and oxygen atoms in total. The van der Waals surface area contributed by atoms with Crippen LogP contribution in [0.5, 0.6) is 0 Å².